The topological polar surface area (TPSA) is 6.48 Å². The van der Waals surface area contributed by atoms with Gasteiger partial charge in [0.05, 0.1) is 22.8 Å². The van der Waals surface area contributed by atoms with E-state index in [2.05, 4.69) is 104 Å². The van der Waals surface area contributed by atoms with E-state index in [1.54, 1.807) is 0 Å². The first-order chi connectivity index (χ1) is 13.2. The van der Waals surface area contributed by atoms with Crippen LogP contribution in [0, 0.1) is 6.92 Å². The van der Waals surface area contributed by atoms with Gasteiger partial charge in [-0.05, 0) is 48.8 Å². The van der Waals surface area contributed by atoms with Crippen LogP contribution in [0.5, 0.6) is 0 Å². The molecule has 5 rings (SSSR count). The van der Waals surface area contributed by atoms with Gasteiger partial charge in [0, 0.05) is 0 Å². The average Bonchev–Trinajstić information content (AvgIpc) is 3.01. The van der Waals surface area contributed by atoms with Crippen molar-refractivity contribution in [3.05, 3.63) is 82.7 Å². The molecule has 0 aliphatic carbocycles. The zero-order chi connectivity index (χ0) is 19.0. The Morgan fingerprint density at radius 1 is 0.741 bits per heavy atom. The molecule has 27 heavy (non-hydrogen) atoms. The molecule has 0 spiro atoms. The second-order valence-electron chi connectivity index (χ2n) is 7.38. The van der Waals surface area contributed by atoms with E-state index in [1.807, 2.05) is 0 Å². The quantitative estimate of drug-likeness (QED) is 0.558. The normalized spacial score (nSPS) is 18.4. The number of fused-ring (bicyclic) bond motifs is 6. The lowest BCUT2D eigenvalue weighted by Gasteiger charge is -2.36. The number of aryl methyl sites for hydroxylation is 1. The van der Waals surface area contributed by atoms with Gasteiger partial charge in [0.15, 0.2) is 0 Å². The lowest BCUT2D eigenvalue weighted by atomic mass is 10.0. The predicted molar refractivity (Wildman–Crippen MR) is 118 cm³/mol. The molecule has 0 bridgehead atoms. The second-order valence-corrected chi connectivity index (χ2v) is 7.38. The fourth-order valence-corrected chi connectivity index (χ4v) is 4.07. The molecule has 2 aromatic carbocycles. The van der Waals surface area contributed by atoms with Crippen LogP contribution in [0.3, 0.4) is 0 Å². The van der Waals surface area contributed by atoms with Crippen molar-refractivity contribution in [1.29, 1.82) is 0 Å². The molecule has 0 fully saturated rings. The van der Waals surface area contributed by atoms with E-state index in [4.69, 9.17) is 0 Å². The van der Waals surface area contributed by atoms with Gasteiger partial charge >= 0.3 is 0 Å². The Morgan fingerprint density at radius 2 is 1.37 bits per heavy atom. The van der Waals surface area contributed by atoms with Crippen LogP contribution in [0.4, 0.5) is 11.4 Å². The fourth-order valence-electron chi connectivity index (χ4n) is 4.07. The predicted octanol–water partition coefficient (Wildman–Crippen LogP) is 6.74. The third kappa shape index (κ3) is 2.80. The van der Waals surface area contributed by atoms with Crippen LogP contribution in [0.2, 0.25) is 0 Å². The maximum Gasteiger partial charge on any atom is 0.108 e. The van der Waals surface area contributed by atoms with Gasteiger partial charge in [0.1, 0.15) is 6.17 Å². The summed E-state index contributed by atoms with van der Waals surface area (Å²) < 4.78 is 0. The number of nitrogens with zero attached hydrogens (tertiary/aromatic N) is 2. The maximum absolute atomic E-state index is 2.48. The fraction of sp³-hybridized carbons (Fsp3) is 0.280. The Bertz CT molecular complexity index is 947. The van der Waals surface area contributed by atoms with Gasteiger partial charge in [-0.15, -0.1) is 0 Å². The Morgan fingerprint density at radius 3 is 2.11 bits per heavy atom. The molecular formula is C25H28N2. The monoisotopic (exact) mass is 356 g/mol. The van der Waals surface area contributed by atoms with E-state index in [-0.39, 0.29) is 6.17 Å². The molecule has 2 aromatic rings. The smallest absolute Gasteiger partial charge is 0.108 e. The molecule has 138 valence electrons. The van der Waals surface area contributed by atoms with Crippen LogP contribution in [-0.2, 0) is 0 Å². The Balaban J connectivity index is 0.000000413. The van der Waals surface area contributed by atoms with E-state index in [0.29, 0.717) is 0 Å². The number of rotatable bonds is 1. The first-order valence-corrected chi connectivity index (χ1v) is 10.0. The van der Waals surface area contributed by atoms with Crippen molar-refractivity contribution >= 4 is 23.5 Å². The highest BCUT2D eigenvalue weighted by molar-refractivity contribution is 5.87. The van der Waals surface area contributed by atoms with Crippen LogP contribution in [-0.4, -0.2) is 6.17 Å². The summed E-state index contributed by atoms with van der Waals surface area (Å²) in [5, 5.41) is 0. The molecule has 0 N–H and O–H groups in total. The SMILES string of the molecule is CCCC.Cc1cccc2c1N1C(=C3C=Cc4ccccc4N3C1C)C=C2. The molecular weight excluding hydrogens is 328 g/mol. The molecule has 3 aliphatic heterocycles. The van der Waals surface area contributed by atoms with Gasteiger partial charge in [-0.3, -0.25) is 0 Å². The summed E-state index contributed by atoms with van der Waals surface area (Å²) in [5.74, 6) is 0. The number of anilines is 2. The molecule has 0 saturated heterocycles. The van der Waals surface area contributed by atoms with Gasteiger partial charge in [-0.2, -0.15) is 0 Å². The highest BCUT2D eigenvalue weighted by atomic mass is 15.4. The highest BCUT2D eigenvalue weighted by Crippen LogP contribution is 2.46. The van der Waals surface area contributed by atoms with Crippen molar-refractivity contribution in [3.63, 3.8) is 0 Å². The molecule has 0 amide bonds. The zero-order valence-corrected chi connectivity index (χ0v) is 16.7. The summed E-state index contributed by atoms with van der Waals surface area (Å²) in [6.45, 7) is 8.85. The van der Waals surface area contributed by atoms with Crippen LogP contribution >= 0.6 is 0 Å². The zero-order valence-electron chi connectivity index (χ0n) is 16.7. The average molecular weight is 357 g/mol. The van der Waals surface area contributed by atoms with Crippen molar-refractivity contribution in [3.8, 4) is 0 Å². The minimum absolute atomic E-state index is 0.274. The summed E-state index contributed by atoms with van der Waals surface area (Å²) in [6, 6.07) is 15.2. The highest BCUT2D eigenvalue weighted by Gasteiger charge is 2.39. The van der Waals surface area contributed by atoms with Crippen molar-refractivity contribution < 1.29 is 0 Å². The Hall–Kier alpha value is -2.74. The van der Waals surface area contributed by atoms with Gasteiger partial charge in [-0.1, -0.05) is 75.2 Å². The number of hydrogen-bond acceptors (Lipinski definition) is 2. The first kappa shape index (κ1) is 17.7. The van der Waals surface area contributed by atoms with Crippen molar-refractivity contribution in [1.82, 2.24) is 0 Å². The van der Waals surface area contributed by atoms with Gasteiger partial charge in [0.25, 0.3) is 0 Å². The van der Waals surface area contributed by atoms with E-state index < -0.39 is 0 Å². The first-order valence-electron chi connectivity index (χ1n) is 10.0. The third-order valence-corrected chi connectivity index (χ3v) is 5.58. The second kappa shape index (κ2) is 7.11. The number of unbranched alkanes of at least 4 members (excludes halogenated alkanes) is 1. The number of allylic oxidation sites excluding steroid dienone is 2. The number of para-hydroxylation sites is 2. The van der Waals surface area contributed by atoms with Gasteiger partial charge in [0.2, 0.25) is 0 Å². The lowest BCUT2D eigenvalue weighted by Crippen LogP contribution is -2.39. The van der Waals surface area contributed by atoms with Crippen molar-refractivity contribution in [2.45, 2.75) is 46.7 Å². The molecule has 1 unspecified atom stereocenters. The van der Waals surface area contributed by atoms with Crippen LogP contribution in [0.1, 0.15) is 50.3 Å². The van der Waals surface area contributed by atoms with Crippen molar-refractivity contribution in [2.24, 2.45) is 0 Å². The molecule has 1 atom stereocenters. The van der Waals surface area contributed by atoms with E-state index in [9.17, 15) is 0 Å². The molecule has 0 aromatic heterocycles. The summed E-state index contributed by atoms with van der Waals surface area (Å²) in [4.78, 5) is 4.93. The van der Waals surface area contributed by atoms with Crippen LogP contribution in [0.25, 0.3) is 12.2 Å². The molecule has 2 heteroatoms. The standard InChI is InChI=1S/C21H18N2.C4H10/c1-14-6-5-8-17-11-13-20-19-12-10-16-7-3-4-9-18(16)22(19)15(2)23(20)21(14)17;1-3-4-2/h3-13,15H,1-2H3;3-4H2,1-2H3. The molecule has 3 aliphatic rings. The van der Waals surface area contributed by atoms with E-state index >= 15 is 0 Å². The molecule has 2 nitrogen and oxygen atoms in total. The lowest BCUT2D eigenvalue weighted by molar-refractivity contribution is 0.731. The molecule has 3 heterocycles. The van der Waals surface area contributed by atoms with Crippen LogP contribution < -0.4 is 9.80 Å². The Labute approximate surface area is 163 Å². The molecule has 0 saturated carbocycles. The summed E-state index contributed by atoms with van der Waals surface area (Å²) in [6.07, 6.45) is 11.9. The van der Waals surface area contributed by atoms with E-state index in [0.717, 1.165) is 0 Å². The van der Waals surface area contributed by atoms with Crippen LogP contribution in [0.15, 0.2) is 66.0 Å². The number of hydrogen-bond donors (Lipinski definition) is 0. The van der Waals surface area contributed by atoms with Gasteiger partial charge < -0.3 is 9.80 Å². The third-order valence-electron chi connectivity index (χ3n) is 5.58. The summed E-state index contributed by atoms with van der Waals surface area (Å²) in [7, 11) is 0. The number of benzene rings is 2. The minimum atomic E-state index is 0.274. The minimum Gasteiger partial charge on any atom is -0.318 e. The summed E-state index contributed by atoms with van der Waals surface area (Å²) in [5.41, 5.74) is 9.14. The largest absolute Gasteiger partial charge is 0.318 e. The Kier molecular flexibility index (Phi) is 4.65. The summed E-state index contributed by atoms with van der Waals surface area (Å²) >= 11 is 0. The maximum atomic E-state index is 2.48. The van der Waals surface area contributed by atoms with Crippen molar-refractivity contribution in [2.75, 3.05) is 9.80 Å². The van der Waals surface area contributed by atoms with Gasteiger partial charge in [-0.25, -0.2) is 0 Å². The van der Waals surface area contributed by atoms with E-state index in [1.165, 1.54) is 52.3 Å². The molecule has 0 radical (unpaired) electrons.